The second-order valence-electron chi connectivity index (χ2n) is 8.02. The lowest BCUT2D eigenvalue weighted by Crippen LogP contribution is -2.45. The number of anilines is 1. The van der Waals surface area contributed by atoms with Gasteiger partial charge in [-0.1, -0.05) is 25.5 Å². The third-order valence-electron chi connectivity index (χ3n) is 6.01. The maximum Gasteiger partial charge on any atom is 0.251 e. The molecule has 7 nitrogen and oxygen atoms in total. The van der Waals surface area contributed by atoms with Crippen molar-refractivity contribution in [3.63, 3.8) is 0 Å². The Morgan fingerprint density at radius 2 is 2.00 bits per heavy atom. The van der Waals surface area contributed by atoms with Crippen LogP contribution in [0.5, 0.6) is 0 Å². The first-order valence-electron chi connectivity index (χ1n) is 10.8. The summed E-state index contributed by atoms with van der Waals surface area (Å²) in [5.41, 5.74) is 1.95. The molecule has 2 aromatic rings. The fourth-order valence-corrected chi connectivity index (χ4v) is 4.26. The van der Waals surface area contributed by atoms with E-state index in [2.05, 4.69) is 21.8 Å². The lowest BCUT2D eigenvalue weighted by molar-refractivity contribution is -0.143. The molecule has 29 heavy (non-hydrogen) atoms. The molecule has 2 amide bonds. The number of hydrogen-bond acceptors (Lipinski definition) is 4. The fourth-order valence-electron chi connectivity index (χ4n) is 4.26. The van der Waals surface area contributed by atoms with E-state index in [-0.39, 0.29) is 23.8 Å². The zero-order valence-corrected chi connectivity index (χ0v) is 17.1. The monoisotopic (exact) mass is 398 g/mol. The van der Waals surface area contributed by atoms with Crippen LogP contribution in [0.4, 0.5) is 5.95 Å². The molecule has 156 valence electrons. The van der Waals surface area contributed by atoms with Crippen LogP contribution < -0.4 is 5.32 Å². The van der Waals surface area contributed by atoms with E-state index in [0.717, 1.165) is 43.3 Å². The molecule has 1 unspecified atom stereocenters. The molecular formula is C22H30N4O3. The molecule has 7 heteroatoms. The molecule has 0 aliphatic carbocycles. The number of ether oxygens (including phenoxy) is 1. The summed E-state index contributed by atoms with van der Waals surface area (Å²) in [5, 5.41) is 3.06. The highest BCUT2D eigenvalue weighted by atomic mass is 16.5. The fraction of sp³-hybridized carbons (Fsp3) is 0.591. The SMILES string of the molecule is CCCCn1c(NC(=O)C2CCN(C(=O)C3CCCO3)CC2)nc2ccccc21. The Morgan fingerprint density at radius 3 is 2.72 bits per heavy atom. The molecule has 0 radical (unpaired) electrons. The second-order valence-corrected chi connectivity index (χ2v) is 8.02. The molecule has 0 bridgehead atoms. The van der Waals surface area contributed by atoms with Crippen LogP contribution in [0.3, 0.4) is 0 Å². The smallest absolute Gasteiger partial charge is 0.251 e. The number of carbonyl (C=O) groups is 2. The minimum atomic E-state index is -0.279. The number of rotatable bonds is 6. The van der Waals surface area contributed by atoms with Gasteiger partial charge in [-0.2, -0.15) is 0 Å². The topological polar surface area (TPSA) is 76.5 Å². The summed E-state index contributed by atoms with van der Waals surface area (Å²) in [6.07, 6.45) is 4.96. The van der Waals surface area contributed by atoms with Crippen molar-refractivity contribution in [3.05, 3.63) is 24.3 Å². The number of imidazole rings is 1. The molecule has 2 fully saturated rings. The van der Waals surface area contributed by atoms with Gasteiger partial charge in [0.05, 0.1) is 11.0 Å². The van der Waals surface area contributed by atoms with Crippen LogP contribution >= 0.6 is 0 Å². The van der Waals surface area contributed by atoms with Crippen molar-refractivity contribution in [1.82, 2.24) is 14.5 Å². The Morgan fingerprint density at radius 1 is 1.21 bits per heavy atom. The average Bonchev–Trinajstić information content (AvgIpc) is 3.40. The van der Waals surface area contributed by atoms with Crippen LogP contribution in [0.2, 0.25) is 0 Å². The summed E-state index contributed by atoms with van der Waals surface area (Å²) in [5.74, 6) is 0.621. The molecule has 2 aliphatic heterocycles. The maximum atomic E-state index is 12.9. The van der Waals surface area contributed by atoms with Gasteiger partial charge in [-0.3, -0.25) is 14.9 Å². The van der Waals surface area contributed by atoms with Crippen LogP contribution in [0.25, 0.3) is 11.0 Å². The van der Waals surface area contributed by atoms with Gasteiger partial charge >= 0.3 is 0 Å². The van der Waals surface area contributed by atoms with Gasteiger partial charge in [-0.15, -0.1) is 0 Å². The normalized spacial score (nSPS) is 20.3. The van der Waals surface area contributed by atoms with E-state index in [1.54, 1.807) is 0 Å². The number of nitrogens with zero attached hydrogens (tertiary/aromatic N) is 3. The van der Waals surface area contributed by atoms with Gasteiger partial charge in [0, 0.05) is 32.2 Å². The first-order valence-corrected chi connectivity index (χ1v) is 10.8. The molecule has 2 saturated heterocycles. The zero-order chi connectivity index (χ0) is 20.2. The molecular weight excluding hydrogens is 368 g/mol. The van der Waals surface area contributed by atoms with Crippen LogP contribution in [-0.4, -0.2) is 52.1 Å². The summed E-state index contributed by atoms with van der Waals surface area (Å²) >= 11 is 0. The molecule has 4 rings (SSSR count). The lowest BCUT2D eigenvalue weighted by atomic mass is 9.95. The van der Waals surface area contributed by atoms with Gasteiger partial charge in [-0.25, -0.2) is 4.98 Å². The molecule has 0 spiro atoms. The number of unbranched alkanes of at least 4 members (excludes halogenated alkanes) is 1. The largest absolute Gasteiger partial charge is 0.368 e. The number of piperidine rings is 1. The van der Waals surface area contributed by atoms with Gasteiger partial charge in [0.15, 0.2) is 0 Å². The summed E-state index contributed by atoms with van der Waals surface area (Å²) in [6.45, 7) is 4.89. The molecule has 1 aromatic heterocycles. The van der Waals surface area contributed by atoms with E-state index < -0.39 is 0 Å². The van der Waals surface area contributed by atoms with Gasteiger partial charge in [0.2, 0.25) is 11.9 Å². The van der Waals surface area contributed by atoms with Crippen LogP contribution in [0, 0.1) is 5.92 Å². The van der Waals surface area contributed by atoms with E-state index in [0.29, 0.717) is 38.5 Å². The molecule has 3 heterocycles. The Bertz CT molecular complexity index is 864. The summed E-state index contributed by atoms with van der Waals surface area (Å²) in [4.78, 5) is 31.9. The number of likely N-dealkylation sites (tertiary alicyclic amines) is 1. The Labute approximate surface area is 171 Å². The number of hydrogen-bond donors (Lipinski definition) is 1. The van der Waals surface area contributed by atoms with Crippen molar-refractivity contribution in [2.75, 3.05) is 25.0 Å². The summed E-state index contributed by atoms with van der Waals surface area (Å²) < 4.78 is 7.62. The number of fused-ring (bicyclic) bond motifs is 1. The van der Waals surface area contributed by atoms with Crippen molar-refractivity contribution in [3.8, 4) is 0 Å². The number of nitrogens with one attached hydrogen (secondary N) is 1. The van der Waals surface area contributed by atoms with Crippen LogP contribution in [-0.2, 0) is 20.9 Å². The van der Waals surface area contributed by atoms with Gasteiger partial charge in [0.25, 0.3) is 5.91 Å². The number of benzene rings is 1. The van der Waals surface area contributed by atoms with E-state index in [4.69, 9.17) is 4.74 Å². The van der Waals surface area contributed by atoms with Crippen molar-refractivity contribution >= 4 is 28.8 Å². The second kappa shape index (κ2) is 8.95. The Hall–Kier alpha value is -2.41. The van der Waals surface area contributed by atoms with Crippen molar-refractivity contribution in [1.29, 1.82) is 0 Å². The van der Waals surface area contributed by atoms with Crippen LogP contribution in [0.1, 0.15) is 45.4 Å². The number of para-hydroxylation sites is 2. The Kier molecular flexibility index (Phi) is 6.13. The number of aryl methyl sites for hydroxylation is 1. The van der Waals surface area contributed by atoms with Gasteiger partial charge in [-0.05, 0) is 44.2 Å². The highest BCUT2D eigenvalue weighted by molar-refractivity contribution is 5.93. The number of amides is 2. The van der Waals surface area contributed by atoms with Crippen molar-refractivity contribution < 1.29 is 14.3 Å². The van der Waals surface area contributed by atoms with Crippen LogP contribution in [0.15, 0.2) is 24.3 Å². The molecule has 2 aliphatic rings. The summed E-state index contributed by atoms with van der Waals surface area (Å²) in [7, 11) is 0. The number of carbonyl (C=O) groups excluding carboxylic acids is 2. The molecule has 1 N–H and O–H groups in total. The standard InChI is InChI=1S/C22H30N4O3/c1-2-3-12-26-18-8-5-4-7-17(18)23-22(26)24-20(27)16-10-13-25(14-11-16)21(28)19-9-6-15-29-19/h4-5,7-8,16,19H,2-3,6,9-15H2,1H3,(H,23,24,27). The van der Waals surface area contributed by atoms with E-state index in [1.807, 2.05) is 29.2 Å². The first kappa shape index (κ1) is 19.9. The third kappa shape index (κ3) is 4.29. The predicted octanol–water partition coefficient (Wildman–Crippen LogP) is 3.19. The van der Waals surface area contributed by atoms with Gasteiger partial charge < -0.3 is 14.2 Å². The highest BCUT2D eigenvalue weighted by Gasteiger charge is 2.33. The molecule has 1 atom stereocenters. The van der Waals surface area contributed by atoms with Gasteiger partial charge in [0.1, 0.15) is 6.10 Å². The minimum Gasteiger partial charge on any atom is -0.368 e. The third-order valence-corrected chi connectivity index (χ3v) is 6.01. The number of aromatic nitrogens is 2. The first-order chi connectivity index (χ1) is 14.2. The quantitative estimate of drug-likeness (QED) is 0.811. The summed E-state index contributed by atoms with van der Waals surface area (Å²) in [6, 6.07) is 7.98. The van der Waals surface area contributed by atoms with E-state index in [9.17, 15) is 9.59 Å². The predicted molar refractivity (Wildman–Crippen MR) is 112 cm³/mol. The molecule has 0 saturated carbocycles. The molecule has 1 aromatic carbocycles. The van der Waals surface area contributed by atoms with E-state index >= 15 is 0 Å². The van der Waals surface area contributed by atoms with E-state index in [1.165, 1.54) is 0 Å². The van der Waals surface area contributed by atoms with Crippen molar-refractivity contribution in [2.45, 2.75) is 58.1 Å². The highest BCUT2D eigenvalue weighted by Crippen LogP contribution is 2.24. The van der Waals surface area contributed by atoms with Crippen molar-refractivity contribution in [2.24, 2.45) is 5.92 Å². The minimum absolute atomic E-state index is 0.00210. The Balaban J connectivity index is 1.39. The lowest BCUT2D eigenvalue weighted by Gasteiger charge is -2.32. The maximum absolute atomic E-state index is 12.9. The average molecular weight is 399 g/mol. The zero-order valence-electron chi connectivity index (χ0n) is 17.1.